The number of H-pyrrole nitrogens is 1. The minimum Gasteiger partial charge on any atom is -0.507 e. The van der Waals surface area contributed by atoms with Crippen LogP contribution in [0.1, 0.15) is 25.3 Å². The number of rotatable bonds is 2. The van der Waals surface area contributed by atoms with E-state index in [0.717, 1.165) is 16.8 Å². The highest BCUT2D eigenvalue weighted by Crippen LogP contribution is 2.31. The Hall–Kier alpha value is -2.22. The van der Waals surface area contributed by atoms with Crippen molar-refractivity contribution in [3.63, 3.8) is 0 Å². The van der Waals surface area contributed by atoms with E-state index >= 15 is 0 Å². The van der Waals surface area contributed by atoms with E-state index in [0.29, 0.717) is 11.7 Å². The van der Waals surface area contributed by atoms with Crippen LogP contribution in [-0.4, -0.2) is 10.1 Å². The van der Waals surface area contributed by atoms with E-state index in [1.165, 1.54) is 10.9 Å². The van der Waals surface area contributed by atoms with Crippen LogP contribution in [-0.2, 0) is 0 Å². The molecule has 0 saturated heterocycles. The quantitative estimate of drug-likeness (QED) is 0.682. The van der Waals surface area contributed by atoms with Crippen LogP contribution < -0.4 is 0 Å². The third kappa shape index (κ3) is 2.10. The first-order valence-electron chi connectivity index (χ1n) is 6.56. The van der Waals surface area contributed by atoms with E-state index in [1.807, 2.05) is 18.2 Å². The molecule has 96 valence electrons. The van der Waals surface area contributed by atoms with Crippen molar-refractivity contribution in [2.45, 2.75) is 19.8 Å². The first-order chi connectivity index (χ1) is 9.15. The van der Waals surface area contributed by atoms with Crippen molar-refractivity contribution >= 4 is 10.9 Å². The number of benzene rings is 2. The normalized spacial score (nSPS) is 11.3. The van der Waals surface area contributed by atoms with Gasteiger partial charge in [0.1, 0.15) is 5.75 Å². The number of hydrogen-bond acceptors (Lipinski definition) is 1. The van der Waals surface area contributed by atoms with Crippen molar-refractivity contribution in [2.24, 2.45) is 0 Å². The minimum atomic E-state index is 0.304. The highest BCUT2D eigenvalue weighted by Gasteiger charge is 2.08. The minimum absolute atomic E-state index is 0.304. The summed E-state index contributed by atoms with van der Waals surface area (Å²) in [7, 11) is 0. The lowest BCUT2D eigenvalue weighted by molar-refractivity contribution is 0.477. The molecule has 1 heterocycles. The van der Waals surface area contributed by atoms with E-state index in [4.69, 9.17) is 0 Å². The molecule has 0 saturated carbocycles. The molecule has 2 N–H and O–H groups in total. The maximum absolute atomic E-state index is 9.91. The van der Waals surface area contributed by atoms with Gasteiger partial charge in [0.2, 0.25) is 0 Å². The number of phenolic OH excluding ortho intramolecular Hbond substituents is 1. The molecule has 0 aliphatic rings. The van der Waals surface area contributed by atoms with E-state index in [9.17, 15) is 5.11 Å². The molecule has 2 heteroatoms. The van der Waals surface area contributed by atoms with Crippen LogP contribution in [0.2, 0.25) is 0 Å². The van der Waals surface area contributed by atoms with Gasteiger partial charge in [0.15, 0.2) is 0 Å². The lowest BCUT2D eigenvalue weighted by Crippen LogP contribution is -1.85. The summed E-state index contributed by atoms with van der Waals surface area (Å²) in [5.41, 5.74) is 4.22. The van der Waals surface area contributed by atoms with Gasteiger partial charge in [-0.1, -0.05) is 32.0 Å². The number of para-hydroxylation sites is 1. The Morgan fingerprint density at radius 3 is 2.53 bits per heavy atom. The standard InChI is InChI=1S/C17H17NO/c1-11(2)12-7-8-15-13(9-12)10-16(18-15)14-5-3-4-6-17(14)19/h3-11,18-19H,1-2H3. The molecule has 0 bridgehead atoms. The molecule has 1 aromatic heterocycles. The molecule has 0 fully saturated rings. The molecule has 0 spiro atoms. The number of phenols is 1. The van der Waals surface area contributed by atoms with Gasteiger partial charge in [0, 0.05) is 16.5 Å². The number of aromatic amines is 1. The molecule has 0 aliphatic carbocycles. The summed E-state index contributed by atoms with van der Waals surface area (Å²) in [5, 5.41) is 11.1. The average Bonchev–Trinajstić information content (AvgIpc) is 2.81. The Labute approximate surface area is 112 Å². The number of hydrogen-bond donors (Lipinski definition) is 2. The van der Waals surface area contributed by atoms with Crippen LogP contribution in [0.15, 0.2) is 48.5 Å². The lowest BCUT2D eigenvalue weighted by atomic mass is 10.0. The first-order valence-corrected chi connectivity index (χ1v) is 6.56. The zero-order valence-corrected chi connectivity index (χ0v) is 11.1. The highest BCUT2D eigenvalue weighted by molar-refractivity contribution is 5.87. The Morgan fingerprint density at radius 2 is 1.79 bits per heavy atom. The molecule has 0 unspecified atom stereocenters. The Kier molecular flexibility index (Phi) is 2.79. The Morgan fingerprint density at radius 1 is 1.00 bits per heavy atom. The molecular formula is C17H17NO. The van der Waals surface area contributed by atoms with Crippen molar-refractivity contribution in [3.05, 3.63) is 54.1 Å². The number of aromatic nitrogens is 1. The number of aromatic hydroxyl groups is 1. The van der Waals surface area contributed by atoms with Crippen LogP contribution in [0, 0.1) is 0 Å². The summed E-state index contributed by atoms with van der Waals surface area (Å²) in [5.74, 6) is 0.825. The zero-order valence-electron chi connectivity index (χ0n) is 11.1. The van der Waals surface area contributed by atoms with E-state index in [1.54, 1.807) is 6.07 Å². The first kappa shape index (κ1) is 11.8. The highest BCUT2D eigenvalue weighted by atomic mass is 16.3. The Balaban J connectivity index is 2.14. The van der Waals surface area contributed by atoms with Gasteiger partial charge in [-0.25, -0.2) is 0 Å². The summed E-state index contributed by atoms with van der Waals surface area (Å²) in [4.78, 5) is 3.36. The molecule has 2 nitrogen and oxygen atoms in total. The fourth-order valence-electron chi connectivity index (χ4n) is 2.36. The predicted octanol–water partition coefficient (Wildman–Crippen LogP) is 4.66. The van der Waals surface area contributed by atoms with Crippen molar-refractivity contribution in [3.8, 4) is 17.0 Å². The van der Waals surface area contributed by atoms with E-state index in [-0.39, 0.29) is 0 Å². The molecule has 3 rings (SSSR count). The second-order valence-corrected chi connectivity index (χ2v) is 5.20. The third-order valence-corrected chi connectivity index (χ3v) is 3.51. The molecule has 2 aromatic carbocycles. The van der Waals surface area contributed by atoms with Crippen LogP contribution in [0.3, 0.4) is 0 Å². The fourth-order valence-corrected chi connectivity index (χ4v) is 2.36. The van der Waals surface area contributed by atoms with Gasteiger partial charge in [-0.2, -0.15) is 0 Å². The number of nitrogens with one attached hydrogen (secondary N) is 1. The molecular weight excluding hydrogens is 234 g/mol. The maximum atomic E-state index is 9.91. The second-order valence-electron chi connectivity index (χ2n) is 5.20. The van der Waals surface area contributed by atoms with Gasteiger partial charge in [-0.05, 0) is 41.8 Å². The summed E-state index contributed by atoms with van der Waals surface area (Å²) >= 11 is 0. The van der Waals surface area contributed by atoms with Gasteiger partial charge >= 0.3 is 0 Å². The number of fused-ring (bicyclic) bond motifs is 1. The lowest BCUT2D eigenvalue weighted by Gasteiger charge is -2.03. The smallest absolute Gasteiger partial charge is 0.124 e. The van der Waals surface area contributed by atoms with Crippen molar-refractivity contribution in [2.75, 3.05) is 0 Å². The van der Waals surface area contributed by atoms with Crippen LogP contribution >= 0.6 is 0 Å². The SMILES string of the molecule is CC(C)c1ccc2[nH]c(-c3ccccc3O)cc2c1. The van der Waals surface area contributed by atoms with Crippen LogP contribution in [0.4, 0.5) is 0 Å². The molecule has 0 aliphatic heterocycles. The van der Waals surface area contributed by atoms with Gasteiger partial charge < -0.3 is 10.1 Å². The monoisotopic (exact) mass is 251 g/mol. The topological polar surface area (TPSA) is 36.0 Å². The van der Waals surface area contributed by atoms with E-state index < -0.39 is 0 Å². The van der Waals surface area contributed by atoms with Crippen LogP contribution in [0.5, 0.6) is 5.75 Å². The maximum Gasteiger partial charge on any atom is 0.124 e. The van der Waals surface area contributed by atoms with Crippen molar-refractivity contribution in [1.82, 2.24) is 4.98 Å². The Bertz CT molecular complexity index is 725. The van der Waals surface area contributed by atoms with E-state index in [2.05, 4.69) is 43.1 Å². The second kappa shape index (κ2) is 4.47. The molecule has 0 amide bonds. The van der Waals surface area contributed by atoms with Gasteiger partial charge in [0.25, 0.3) is 0 Å². The molecule has 0 atom stereocenters. The van der Waals surface area contributed by atoms with Gasteiger partial charge in [-0.3, -0.25) is 0 Å². The summed E-state index contributed by atoms with van der Waals surface area (Å²) in [6.07, 6.45) is 0. The van der Waals surface area contributed by atoms with Gasteiger partial charge in [0.05, 0.1) is 5.69 Å². The van der Waals surface area contributed by atoms with Crippen LogP contribution in [0.25, 0.3) is 22.2 Å². The summed E-state index contributed by atoms with van der Waals surface area (Å²) < 4.78 is 0. The molecule has 0 radical (unpaired) electrons. The third-order valence-electron chi connectivity index (χ3n) is 3.51. The zero-order chi connectivity index (χ0) is 13.4. The van der Waals surface area contributed by atoms with Crippen molar-refractivity contribution < 1.29 is 5.11 Å². The largest absolute Gasteiger partial charge is 0.507 e. The van der Waals surface area contributed by atoms with Gasteiger partial charge in [-0.15, -0.1) is 0 Å². The summed E-state index contributed by atoms with van der Waals surface area (Å²) in [6.45, 7) is 4.38. The predicted molar refractivity (Wildman–Crippen MR) is 79.5 cm³/mol. The van der Waals surface area contributed by atoms with Crippen molar-refractivity contribution in [1.29, 1.82) is 0 Å². The summed E-state index contributed by atoms with van der Waals surface area (Å²) in [6, 6.07) is 15.9. The molecule has 3 aromatic rings. The fraction of sp³-hybridized carbons (Fsp3) is 0.176. The molecule has 19 heavy (non-hydrogen) atoms. The average molecular weight is 251 g/mol.